The van der Waals surface area contributed by atoms with Crippen molar-refractivity contribution < 1.29 is 24.5 Å². The number of phenolic OH excluding ortho intramolecular Hbond substituents is 1. The predicted molar refractivity (Wildman–Crippen MR) is 99.5 cm³/mol. The number of fused-ring (bicyclic) bond motifs is 5. The van der Waals surface area contributed by atoms with Crippen molar-refractivity contribution in [2.45, 2.75) is 70.3 Å². The summed E-state index contributed by atoms with van der Waals surface area (Å²) in [5.74, 6) is 0.681. The molecule has 2 fully saturated rings. The average molecular weight is 372 g/mol. The number of phenols is 1. The van der Waals surface area contributed by atoms with Gasteiger partial charge in [0.15, 0.2) is 0 Å². The third-order valence-electron chi connectivity index (χ3n) is 7.44. The Balaban J connectivity index is 1.49. The highest BCUT2D eigenvalue weighted by molar-refractivity contribution is 5.76. The van der Waals surface area contributed by atoms with Gasteiger partial charge in [0.1, 0.15) is 11.9 Å². The molecule has 0 radical (unpaired) electrons. The van der Waals surface area contributed by atoms with E-state index in [1.807, 2.05) is 6.07 Å². The van der Waals surface area contributed by atoms with E-state index in [4.69, 9.17) is 9.84 Å². The molecule has 2 saturated carbocycles. The molecule has 0 bridgehead atoms. The molecule has 0 heterocycles. The Bertz CT molecular complexity index is 757. The zero-order chi connectivity index (χ0) is 19.2. The molecule has 5 heteroatoms. The minimum Gasteiger partial charge on any atom is -0.508 e. The van der Waals surface area contributed by atoms with Gasteiger partial charge in [0.2, 0.25) is 0 Å². The van der Waals surface area contributed by atoms with E-state index < -0.39 is 5.97 Å². The van der Waals surface area contributed by atoms with Crippen LogP contribution in [0.5, 0.6) is 5.75 Å². The molecule has 0 aromatic heterocycles. The Kier molecular flexibility index (Phi) is 4.65. The molecule has 3 aliphatic rings. The topological polar surface area (TPSA) is 83.8 Å². The molecule has 5 atom stereocenters. The second-order valence-corrected chi connectivity index (χ2v) is 8.79. The van der Waals surface area contributed by atoms with Crippen LogP contribution in [0.4, 0.5) is 0 Å². The molecule has 0 aliphatic heterocycles. The van der Waals surface area contributed by atoms with E-state index >= 15 is 0 Å². The minimum absolute atomic E-state index is 0.00548. The lowest BCUT2D eigenvalue weighted by molar-refractivity contribution is -0.159. The van der Waals surface area contributed by atoms with Crippen LogP contribution in [0.15, 0.2) is 18.2 Å². The quantitative estimate of drug-likeness (QED) is 0.780. The zero-order valence-corrected chi connectivity index (χ0v) is 15.8. The molecule has 0 unspecified atom stereocenters. The van der Waals surface area contributed by atoms with E-state index in [1.54, 1.807) is 6.07 Å². The van der Waals surface area contributed by atoms with Crippen molar-refractivity contribution in [1.82, 2.24) is 0 Å². The second-order valence-electron chi connectivity index (χ2n) is 8.79. The first-order valence-corrected chi connectivity index (χ1v) is 10.1. The van der Waals surface area contributed by atoms with E-state index in [0.717, 1.165) is 38.5 Å². The maximum Gasteiger partial charge on any atom is 0.306 e. The average Bonchev–Trinajstić information content (AvgIpc) is 2.96. The Morgan fingerprint density at radius 2 is 2.00 bits per heavy atom. The number of rotatable bonds is 4. The maximum absolute atomic E-state index is 12.1. The summed E-state index contributed by atoms with van der Waals surface area (Å²) < 4.78 is 5.76. The second kappa shape index (κ2) is 6.84. The molecule has 0 spiro atoms. The lowest BCUT2D eigenvalue weighted by Gasteiger charge is -2.50. The van der Waals surface area contributed by atoms with Gasteiger partial charge in [-0.05, 0) is 79.5 Å². The van der Waals surface area contributed by atoms with Crippen LogP contribution in [0.3, 0.4) is 0 Å². The van der Waals surface area contributed by atoms with E-state index in [2.05, 4.69) is 13.0 Å². The largest absolute Gasteiger partial charge is 0.508 e. The van der Waals surface area contributed by atoms with Crippen molar-refractivity contribution in [2.75, 3.05) is 0 Å². The molecule has 5 nitrogen and oxygen atoms in total. The fourth-order valence-electron chi connectivity index (χ4n) is 6.14. The molecule has 4 rings (SSSR count). The summed E-state index contributed by atoms with van der Waals surface area (Å²) in [6, 6.07) is 5.82. The maximum atomic E-state index is 12.1. The highest BCUT2D eigenvalue weighted by Crippen LogP contribution is 2.61. The predicted octanol–water partition coefficient (Wildman–Crippen LogP) is 4.02. The number of benzene rings is 1. The fourth-order valence-corrected chi connectivity index (χ4v) is 6.14. The summed E-state index contributed by atoms with van der Waals surface area (Å²) in [5.41, 5.74) is 2.68. The van der Waals surface area contributed by atoms with Crippen LogP contribution in [-0.4, -0.2) is 28.3 Å². The van der Waals surface area contributed by atoms with Crippen molar-refractivity contribution >= 4 is 11.9 Å². The number of ether oxygens (including phenoxy) is 1. The first-order valence-electron chi connectivity index (χ1n) is 10.1. The summed E-state index contributed by atoms with van der Waals surface area (Å²) in [6.07, 6.45) is 5.88. The number of esters is 1. The van der Waals surface area contributed by atoms with Crippen LogP contribution in [0.2, 0.25) is 0 Å². The SMILES string of the molecule is C[C@]12CC[C@H]3c4ccc(O)cc4CC[C@@H]3[C@H]1CC[C@@H]2OC(=O)CCC(=O)O. The Hall–Kier alpha value is -2.04. The van der Waals surface area contributed by atoms with Crippen molar-refractivity contribution in [2.24, 2.45) is 17.3 Å². The van der Waals surface area contributed by atoms with Crippen LogP contribution in [0.1, 0.15) is 68.9 Å². The van der Waals surface area contributed by atoms with Gasteiger partial charge in [0.25, 0.3) is 0 Å². The normalized spacial score (nSPS) is 34.3. The number of carboxylic acid groups (broad SMARTS) is 1. The number of aryl methyl sites for hydroxylation is 1. The van der Waals surface area contributed by atoms with Gasteiger partial charge in [0, 0.05) is 5.41 Å². The van der Waals surface area contributed by atoms with Crippen molar-refractivity contribution in [3.8, 4) is 5.75 Å². The number of aromatic hydroxyl groups is 1. The first kappa shape index (κ1) is 18.3. The van der Waals surface area contributed by atoms with E-state index in [-0.39, 0.29) is 30.3 Å². The molecule has 0 amide bonds. The third-order valence-corrected chi connectivity index (χ3v) is 7.44. The molecular formula is C22H28O5. The summed E-state index contributed by atoms with van der Waals surface area (Å²) >= 11 is 0. The highest BCUT2D eigenvalue weighted by Gasteiger charge is 2.56. The Morgan fingerprint density at radius 1 is 1.19 bits per heavy atom. The number of carboxylic acids is 1. The van der Waals surface area contributed by atoms with Crippen LogP contribution < -0.4 is 0 Å². The van der Waals surface area contributed by atoms with Gasteiger partial charge in [-0.3, -0.25) is 9.59 Å². The standard InChI is InChI=1S/C22H28O5/c1-22-11-10-16-15-5-3-14(23)12-13(15)2-4-17(16)18(22)6-7-19(22)27-21(26)9-8-20(24)25/h3,5,12,16-19,23H,2,4,6-11H2,1H3,(H,24,25)/t16-,17-,18+,19-,22-/m0/s1. The van der Waals surface area contributed by atoms with Gasteiger partial charge in [-0.2, -0.15) is 0 Å². The number of carbonyl (C=O) groups excluding carboxylic acids is 1. The molecule has 2 N–H and O–H groups in total. The lowest BCUT2D eigenvalue weighted by Crippen LogP contribution is -2.45. The van der Waals surface area contributed by atoms with E-state index in [0.29, 0.717) is 23.5 Å². The molecular weight excluding hydrogens is 344 g/mol. The van der Waals surface area contributed by atoms with E-state index in [1.165, 1.54) is 11.1 Å². The molecule has 1 aromatic carbocycles. The molecule has 146 valence electrons. The monoisotopic (exact) mass is 372 g/mol. The van der Waals surface area contributed by atoms with Crippen LogP contribution in [-0.2, 0) is 20.7 Å². The zero-order valence-electron chi connectivity index (χ0n) is 15.8. The van der Waals surface area contributed by atoms with Gasteiger partial charge in [-0.25, -0.2) is 0 Å². The van der Waals surface area contributed by atoms with Gasteiger partial charge in [-0.1, -0.05) is 13.0 Å². The molecule has 1 aromatic rings. The number of hydrogen-bond acceptors (Lipinski definition) is 4. The highest BCUT2D eigenvalue weighted by atomic mass is 16.5. The molecule has 27 heavy (non-hydrogen) atoms. The summed E-state index contributed by atoms with van der Waals surface area (Å²) in [7, 11) is 0. The van der Waals surface area contributed by atoms with Gasteiger partial charge < -0.3 is 14.9 Å². The Labute approximate surface area is 159 Å². The van der Waals surface area contributed by atoms with Crippen LogP contribution >= 0.6 is 0 Å². The molecule has 0 saturated heterocycles. The van der Waals surface area contributed by atoms with Crippen molar-refractivity contribution in [3.63, 3.8) is 0 Å². The third kappa shape index (κ3) is 3.21. The first-order chi connectivity index (χ1) is 12.9. The van der Waals surface area contributed by atoms with Gasteiger partial charge >= 0.3 is 11.9 Å². The summed E-state index contributed by atoms with van der Waals surface area (Å²) in [4.78, 5) is 22.8. The Morgan fingerprint density at radius 3 is 2.78 bits per heavy atom. The van der Waals surface area contributed by atoms with Gasteiger partial charge in [-0.15, -0.1) is 0 Å². The molecule has 3 aliphatic carbocycles. The fraction of sp³-hybridized carbons (Fsp3) is 0.636. The van der Waals surface area contributed by atoms with Gasteiger partial charge in [0.05, 0.1) is 12.8 Å². The summed E-state index contributed by atoms with van der Waals surface area (Å²) in [5, 5.41) is 18.6. The van der Waals surface area contributed by atoms with E-state index in [9.17, 15) is 14.7 Å². The number of carbonyl (C=O) groups is 2. The smallest absolute Gasteiger partial charge is 0.306 e. The van der Waals surface area contributed by atoms with Crippen molar-refractivity contribution in [1.29, 1.82) is 0 Å². The number of aliphatic carboxylic acids is 1. The van der Waals surface area contributed by atoms with Crippen LogP contribution in [0.25, 0.3) is 0 Å². The summed E-state index contributed by atoms with van der Waals surface area (Å²) in [6.45, 7) is 2.27. The minimum atomic E-state index is -0.963. The lowest BCUT2D eigenvalue weighted by atomic mass is 9.55. The van der Waals surface area contributed by atoms with Crippen LogP contribution in [0, 0.1) is 17.3 Å². The number of hydrogen-bond donors (Lipinski definition) is 2. The van der Waals surface area contributed by atoms with Crippen molar-refractivity contribution in [3.05, 3.63) is 29.3 Å².